The fourth-order valence-corrected chi connectivity index (χ4v) is 0.204. The molecule has 0 aromatic heterocycles. The van der Waals surface area contributed by atoms with Crippen molar-refractivity contribution in [2.24, 2.45) is 5.73 Å². The Morgan fingerprint density at radius 1 is 1.33 bits per heavy atom. The number of unbranched alkanes of at least 4 members (excludes halogenated alkanes) is 1. The van der Waals surface area contributed by atoms with Gasteiger partial charge < -0.3 is 20.4 Å². The molecule has 0 fully saturated rings. The van der Waals surface area contributed by atoms with Crippen LogP contribution in [0.5, 0.6) is 0 Å². The Kier molecular flexibility index (Phi) is 14.8. The molecule has 0 aromatic rings. The van der Waals surface area contributed by atoms with Gasteiger partial charge in [-0.1, -0.05) is 13.3 Å². The van der Waals surface area contributed by atoms with Gasteiger partial charge in [-0.2, -0.15) is 0 Å². The van der Waals surface area contributed by atoms with Crippen LogP contribution in [0, 0.1) is 0 Å². The molecule has 0 aliphatic carbocycles. The maximum absolute atomic E-state index is 7.23. The second-order valence-electron chi connectivity index (χ2n) is 1.41. The fraction of sp³-hybridized carbons (Fsp3) is 1.00. The molecule has 0 heterocycles. The number of nitrogens with two attached hydrogens (primary N) is 1. The molecule has 9 heavy (non-hydrogen) atoms. The van der Waals surface area contributed by atoms with Crippen LogP contribution in [-0.2, 0) is 0 Å². The van der Waals surface area contributed by atoms with Crippen LogP contribution in [0.25, 0.3) is 0 Å². The summed E-state index contributed by atoms with van der Waals surface area (Å²) in [5.74, 6) is 0. The van der Waals surface area contributed by atoms with Crippen molar-refractivity contribution in [1.29, 1.82) is 0 Å². The first kappa shape index (κ1) is 12.0. The van der Waals surface area contributed by atoms with Gasteiger partial charge in [-0.05, 0) is 13.0 Å². The van der Waals surface area contributed by atoms with E-state index in [4.69, 9.17) is 20.4 Å². The van der Waals surface area contributed by atoms with Crippen LogP contribution in [0.3, 0.4) is 0 Å². The van der Waals surface area contributed by atoms with E-state index in [0.29, 0.717) is 0 Å². The van der Waals surface area contributed by atoms with Crippen LogP contribution in [-0.4, -0.2) is 21.2 Å². The lowest BCUT2D eigenvalue weighted by Gasteiger charge is -1.80. The zero-order valence-electron chi connectivity index (χ0n) is 5.49. The van der Waals surface area contributed by atoms with Crippen molar-refractivity contribution < 1.29 is 14.7 Å². The minimum absolute atomic E-state index is 0.844. The van der Waals surface area contributed by atoms with Crippen LogP contribution in [0.4, 0.5) is 0 Å². The summed E-state index contributed by atoms with van der Waals surface area (Å²) in [6.45, 7) is 2.98. The van der Waals surface area contributed by atoms with Gasteiger partial charge in [0.2, 0.25) is 0 Å². The van der Waals surface area contributed by atoms with E-state index < -0.39 is 8.60 Å². The first-order chi connectivity index (χ1) is 4.15. The van der Waals surface area contributed by atoms with E-state index in [0.717, 1.165) is 6.54 Å². The van der Waals surface area contributed by atoms with Gasteiger partial charge in [-0.25, -0.2) is 0 Å². The maximum Gasteiger partial charge on any atom is 0.324 e. The van der Waals surface area contributed by atoms with Gasteiger partial charge in [0, 0.05) is 0 Å². The summed E-state index contributed by atoms with van der Waals surface area (Å²) in [5, 5.41) is 0. The number of hydrogen-bond acceptors (Lipinski definition) is 4. The molecule has 0 saturated heterocycles. The lowest BCUT2D eigenvalue weighted by Crippen LogP contribution is -1.95. The first-order valence-electron chi connectivity index (χ1n) is 2.72. The van der Waals surface area contributed by atoms with Gasteiger partial charge in [-0.3, -0.25) is 0 Å². The van der Waals surface area contributed by atoms with E-state index in [-0.39, 0.29) is 0 Å². The Hall–Kier alpha value is 0.270. The van der Waals surface area contributed by atoms with Gasteiger partial charge in [-0.15, -0.1) is 0 Å². The van der Waals surface area contributed by atoms with Gasteiger partial charge in [0.05, 0.1) is 0 Å². The van der Waals surface area contributed by atoms with E-state index in [2.05, 4.69) is 6.92 Å². The predicted molar refractivity (Wildman–Crippen MR) is 37.5 cm³/mol. The predicted octanol–water partition coefficient (Wildman–Crippen LogP) is -0.0646. The van der Waals surface area contributed by atoms with Crippen LogP contribution in [0.15, 0.2) is 0 Å². The monoisotopic (exact) mass is 155 g/mol. The average Bonchev–Trinajstić information content (AvgIpc) is 1.66. The zero-order valence-corrected chi connectivity index (χ0v) is 6.38. The molecule has 58 valence electrons. The zero-order chi connectivity index (χ0) is 7.70. The molecule has 0 radical (unpaired) electrons. The third kappa shape index (κ3) is 63.1. The molecule has 0 rings (SSSR count). The van der Waals surface area contributed by atoms with E-state index in [1.807, 2.05) is 0 Å². The second-order valence-corrected chi connectivity index (χ2v) is 1.95. The van der Waals surface area contributed by atoms with Crippen LogP contribution in [0.2, 0.25) is 0 Å². The molecule has 0 bridgehead atoms. The molecule has 5 heteroatoms. The molecule has 0 spiro atoms. The topological polar surface area (TPSA) is 86.7 Å². The summed E-state index contributed by atoms with van der Waals surface area (Å²) in [7, 11) is -2.62. The number of rotatable bonds is 2. The van der Waals surface area contributed by atoms with E-state index >= 15 is 0 Å². The van der Waals surface area contributed by atoms with Gasteiger partial charge in [0.25, 0.3) is 0 Å². The second kappa shape index (κ2) is 11.1. The SMILES string of the molecule is CCCCN.OP(O)O. The van der Waals surface area contributed by atoms with Crippen molar-refractivity contribution in [3.05, 3.63) is 0 Å². The highest BCUT2D eigenvalue weighted by atomic mass is 31.2. The Labute approximate surface area is 56.3 Å². The molecule has 4 nitrogen and oxygen atoms in total. The van der Waals surface area contributed by atoms with Crippen LogP contribution in [0.1, 0.15) is 19.8 Å². The minimum Gasteiger partial charge on any atom is -0.330 e. The molecule has 5 N–H and O–H groups in total. The van der Waals surface area contributed by atoms with Crippen molar-refractivity contribution in [2.75, 3.05) is 6.54 Å². The standard InChI is InChI=1S/C4H11N.H3O3P/c1-2-3-4-5;1-4(2)3/h2-5H2,1H3;1-3H. The summed E-state index contributed by atoms with van der Waals surface area (Å²) >= 11 is 0. The van der Waals surface area contributed by atoms with Gasteiger partial charge in [0.15, 0.2) is 0 Å². The van der Waals surface area contributed by atoms with Crippen LogP contribution >= 0.6 is 8.60 Å². The Balaban J connectivity index is 0. The maximum atomic E-state index is 7.23. The van der Waals surface area contributed by atoms with E-state index in [9.17, 15) is 0 Å². The molecule has 0 aliphatic heterocycles. The lowest BCUT2D eigenvalue weighted by atomic mass is 10.3. The van der Waals surface area contributed by atoms with Crippen molar-refractivity contribution in [3.63, 3.8) is 0 Å². The summed E-state index contributed by atoms with van der Waals surface area (Å²) < 4.78 is 0. The lowest BCUT2D eigenvalue weighted by molar-refractivity contribution is 0.368. The molecule has 0 aliphatic rings. The van der Waals surface area contributed by atoms with E-state index in [1.54, 1.807) is 0 Å². The quantitative estimate of drug-likeness (QED) is 0.420. The highest BCUT2D eigenvalue weighted by Crippen LogP contribution is 2.11. The Morgan fingerprint density at radius 2 is 1.67 bits per heavy atom. The third-order valence-corrected chi connectivity index (χ3v) is 0.558. The molecular formula is C4H14NO3P. The number of hydrogen-bond donors (Lipinski definition) is 4. The smallest absolute Gasteiger partial charge is 0.324 e. The average molecular weight is 155 g/mol. The molecule has 0 unspecified atom stereocenters. The minimum atomic E-state index is -2.62. The summed E-state index contributed by atoms with van der Waals surface area (Å²) in [5.41, 5.74) is 5.14. The molecule has 0 saturated carbocycles. The molecule has 0 atom stereocenters. The summed E-state index contributed by atoms with van der Waals surface area (Å²) in [6.07, 6.45) is 2.39. The first-order valence-corrected chi connectivity index (χ1v) is 3.92. The summed E-state index contributed by atoms with van der Waals surface area (Å²) in [4.78, 5) is 21.7. The van der Waals surface area contributed by atoms with Crippen molar-refractivity contribution >= 4 is 8.60 Å². The third-order valence-electron chi connectivity index (χ3n) is 0.558. The van der Waals surface area contributed by atoms with Crippen molar-refractivity contribution in [1.82, 2.24) is 0 Å². The van der Waals surface area contributed by atoms with Gasteiger partial charge >= 0.3 is 8.60 Å². The molecule has 0 aromatic carbocycles. The van der Waals surface area contributed by atoms with Crippen molar-refractivity contribution in [3.8, 4) is 0 Å². The van der Waals surface area contributed by atoms with Crippen molar-refractivity contribution in [2.45, 2.75) is 19.8 Å². The Bertz CT molecular complexity index is 40.0. The highest BCUT2D eigenvalue weighted by Gasteiger charge is 1.76. The van der Waals surface area contributed by atoms with Gasteiger partial charge in [0.1, 0.15) is 0 Å². The summed E-state index contributed by atoms with van der Waals surface area (Å²) in [6, 6.07) is 0. The normalized spacial score (nSPS) is 8.67. The highest BCUT2D eigenvalue weighted by molar-refractivity contribution is 7.38. The fourth-order valence-electron chi connectivity index (χ4n) is 0.204. The molecule has 0 amide bonds. The molecular weight excluding hydrogens is 141 g/mol. The van der Waals surface area contributed by atoms with E-state index in [1.165, 1.54) is 12.8 Å². The largest absolute Gasteiger partial charge is 0.330 e. The Morgan fingerprint density at radius 3 is 1.67 bits per heavy atom. The van der Waals surface area contributed by atoms with Crippen LogP contribution < -0.4 is 5.73 Å².